The van der Waals surface area contributed by atoms with Crippen LogP contribution in [-0.2, 0) is 22.6 Å². The molecule has 0 bridgehead atoms. The zero-order valence-electron chi connectivity index (χ0n) is 14.5. The third-order valence-electron chi connectivity index (χ3n) is 3.44. The molecule has 0 radical (unpaired) electrons. The van der Waals surface area contributed by atoms with E-state index in [1.807, 2.05) is 0 Å². The van der Waals surface area contributed by atoms with Crippen LogP contribution >= 0.6 is 7.82 Å². The van der Waals surface area contributed by atoms with Crippen LogP contribution in [0.15, 0.2) is 12.2 Å². The Kier molecular flexibility index (Phi) is 8.62. The van der Waals surface area contributed by atoms with Gasteiger partial charge in [0.15, 0.2) is 8.32 Å². The molecule has 0 saturated carbocycles. The molecule has 0 aliphatic carbocycles. The second kappa shape index (κ2) is 8.60. The Bertz CT molecular complexity index is 366. The van der Waals surface area contributed by atoms with Gasteiger partial charge in [0, 0.05) is 0 Å². The van der Waals surface area contributed by atoms with Crippen LogP contribution in [0, 0.1) is 0 Å². The molecular weight excluding hydrogens is 307 g/mol. The van der Waals surface area contributed by atoms with Gasteiger partial charge in [-0.15, -0.1) is 0 Å². The SMILES string of the molecule is C=C(CO[Si](C)(C)C(C)(C)C)COP(=O)(OCC)OCC. The van der Waals surface area contributed by atoms with E-state index in [1.54, 1.807) is 13.8 Å². The lowest BCUT2D eigenvalue weighted by Gasteiger charge is -2.36. The summed E-state index contributed by atoms with van der Waals surface area (Å²) in [4.78, 5) is 0. The Balaban J connectivity index is 4.36. The Hall–Kier alpha value is 0.0269. The number of hydrogen-bond donors (Lipinski definition) is 0. The largest absolute Gasteiger partial charge is 0.475 e. The number of phosphoric acid groups is 1. The highest BCUT2D eigenvalue weighted by atomic mass is 31.2. The molecule has 0 heterocycles. The third-order valence-corrected chi connectivity index (χ3v) is 9.52. The first kappa shape index (κ1) is 21.0. The molecule has 0 rings (SSSR count). The summed E-state index contributed by atoms with van der Waals surface area (Å²) in [6.45, 7) is 19.3. The highest BCUT2D eigenvalue weighted by Crippen LogP contribution is 2.49. The highest BCUT2D eigenvalue weighted by Gasteiger charge is 2.37. The molecule has 0 fully saturated rings. The molecule has 0 aromatic heterocycles. The zero-order valence-corrected chi connectivity index (χ0v) is 16.4. The molecule has 0 amide bonds. The molecular formula is C14H31O5PSi. The van der Waals surface area contributed by atoms with Gasteiger partial charge in [-0.3, -0.25) is 13.6 Å². The number of rotatable bonds is 10. The molecule has 0 atom stereocenters. The maximum atomic E-state index is 12.1. The Morgan fingerprint density at radius 3 is 1.90 bits per heavy atom. The fraction of sp³-hybridized carbons (Fsp3) is 0.857. The summed E-state index contributed by atoms with van der Waals surface area (Å²) in [6.07, 6.45) is 0. The van der Waals surface area contributed by atoms with Crippen molar-refractivity contribution < 1.29 is 22.6 Å². The van der Waals surface area contributed by atoms with E-state index in [0.717, 1.165) is 5.57 Å². The zero-order chi connectivity index (χ0) is 16.7. The summed E-state index contributed by atoms with van der Waals surface area (Å²) in [6, 6.07) is 0. The van der Waals surface area contributed by atoms with Gasteiger partial charge in [0.1, 0.15) is 0 Å². The Labute approximate surface area is 130 Å². The molecule has 0 aliphatic rings. The average Bonchev–Trinajstić information content (AvgIpc) is 2.33. The minimum atomic E-state index is -3.48. The van der Waals surface area contributed by atoms with Gasteiger partial charge in [-0.05, 0) is 37.6 Å². The van der Waals surface area contributed by atoms with Crippen molar-refractivity contribution in [3.05, 3.63) is 12.2 Å². The quantitative estimate of drug-likeness (QED) is 0.326. The van der Waals surface area contributed by atoms with Crippen LogP contribution < -0.4 is 0 Å². The van der Waals surface area contributed by atoms with Crippen LogP contribution in [0.2, 0.25) is 18.1 Å². The standard InChI is InChI=1S/C14H31O5PSi/c1-9-16-20(15,17-10-2)18-11-13(3)12-19-21(7,8)14(4,5)6/h3,9-12H2,1-2,4-8H3. The minimum absolute atomic E-state index is 0.103. The fourth-order valence-electron chi connectivity index (χ4n) is 1.14. The van der Waals surface area contributed by atoms with Gasteiger partial charge in [-0.1, -0.05) is 27.4 Å². The second-order valence-corrected chi connectivity index (χ2v) is 12.8. The first-order chi connectivity index (χ1) is 9.47. The van der Waals surface area contributed by atoms with E-state index < -0.39 is 16.1 Å². The topological polar surface area (TPSA) is 54.0 Å². The van der Waals surface area contributed by atoms with Crippen LogP contribution in [0.3, 0.4) is 0 Å². The monoisotopic (exact) mass is 338 g/mol. The molecule has 21 heavy (non-hydrogen) atoms. The highest BCUT2D eigenvalue weighted by molar-refractivity contribution is 7.48. The van der Waals surface area contributed by atoms with Crippen molar-refractivity contribution in [1.29, 1.82) is 0 Å². The van der Waals surface area contributed by atoms with Crippen molar-refractivity contribution in [3.63, 3.8) is 0 Å². The van der Waals surface area contributed by atoms with Crippen molar-refractivity contribution in [1.82, 2.24) is 0 Å². The molecule has 0 saturated heterocycles. The van der Waals surface area contributed by atoms with E-state index >= 15 is 0 Å². The van der Waals surface area contributed by atoms with Crippen molar-refractivity contribution in [2.75, 3.05) is 26.4 Å². The first-order valence-corrected chi connectivity index (χ1v) is 11.7. The maximum Gasteiger partial charge on any atom is 0.475 e. The summed E-state index contributed by atoms with van der Waals surface area (Å²) < 4.78 is 33.6. The van der Waals surface area contributed by atoms with Crippen molar-refractivity contribution in [2.24, 2.45) is 0 Å². The molecule has 5 nitrogen and oxygen atoms in total. The van der Waals surface area contributed by atoms with Gasteiger partial charge in [-0.25, -0.2) is 4.57 Å². The average molecular weight is 338 g/mol. The lowest BCUT2D eigenvalue weighted by atomic mass is 10.2. The minimum Gasteiger partial charge on any atom is -0.413 e. The summed E-state index contributed by atoms with van der Waals surface area (Å²) >= 11 is 0. The number of hydrogen-bond acceptors (Lipinski definition) is 5. The van der Waals surface area contributed by atoms with E-state index in [0.29, 0.717) is 6.61 Å². The molecule has 0 aromatic rings. The molecule has 0 aromatic carbocycles. The predicted octanol–water partition coefficient (Wildman–Crippen LogP) is 4.76. The lowest BCUT2D eigenvalue weighted by Crippen LogP contribution is -2.41. The van der Waals surface area contributed by atoms with Crippen molar-refractivity contribution in [2.45, 2.75) is 52.8 Å². The fourth-order valence-corrected chi connectivity index (χ4v) is 3.33. The maximum absolute atomic E-state index is 12.1. The van der Waals surface area contributed by atoms with Crippen LogP contribution in [0.5, 0.6) is 0 Å². The summed E-state index contributed by atoms with van der Waals surface area (Å²) in [5, 5.41) is 0.139. The molecule has 0 unspecified atom stereocenters. The van der Waals surface area contributed by atoms with Gasteiger partial charge >= 0.3 is 7.82 Å². The second-order valence-electron chi connectivity index (χ2n) is 6.36. The van der Waals surface area contributed by atoms with E-state index in [2.05, 4.69) is 40.4 Å². The van der Waals surface area contributed by atoms with E-state index in [1.165, 1.54) is 0 Å². The molecule has 0 N–H and O–H groups in total. The van der Waals surface area contributed by atoms with Crippen LogP contribution in [0.25, 0.3) is 0 Å². The van der Waals surface area contributed by atoms with E-state index in [4.69, 9.17) is 18.0 Å². The third kappa shape index (κ3) is 7.72. The number of phosphoric ester groups is 1. The van der Waals surface area contributed by atoms with Gasteiger partial charge < -0.3 is 4.43 Å². The molecule has 126 valence electrons. The van der Waals surface area contributed by atoms with Crippen LogP contribution in [-0.4, -0.2) is 34.7 Å². The van der Waals surface area contributed by atoms with Crippen molar-refractivity contribution >= 4 is 16.1 Å². The smallest absolute Gasteiger partial charge is 0.413 e. The normalized spacial score (nSPS) is 13.5. The van der Waals surface area contributed by atoms with Gasteiger partial charge in [0.25, 0.3) is 0 Å². The van der Waals surface area contributed by atoms with Crippen LogP contribution in [0.4, 0.5) is 0 Å². The molecule has 7 heteroatoms. The van der Waals surface area contributed by atoms with Crippen molar-refractivity contribution in [3.8, 4) is 0 Å². The summed E-state index contributed by atoms with van der Waals surface area (Å²) in [5.41, 5.74) is 0.722. The van der Waals surface area contributed by atoms with Crippen LogP contribution in [0.1, 0.15) is 34.6 Å². The molecule has 0 aliphatic heterocycles. The van der Waals surface area contributed by atoms with E-state index in [-0.39, 0.29) is 24.9 Å². The van der Waals surface area contributed by atoms with Gasteiger partial charge in [-0.2, -0.15) is 0 Å². The predicted molar refractivity (Wildman–Crippen MR) is 89.1 cm³/mol. The Morgan fingerprint density at radius 1 is 1.05 bits per heavy atom. The van der Waals surface area contributed by atoms with Gasteiger partial charge in [0.2, 0.25) is 0 Å². The van der Waals surface area contributed by atoms with Gasteiger partial charge in [0.05, 0.1) is 26.4 Å². The summed E-state index contributed by atoms with van der Waals surface area (Å²) in [7, 11) is -5.30. The first-order valence-electron chi connectivity index (χ1n) is 7.31. The lowest BCUT2D eigenvalue weighted by molar-refractivity contribution is 0.126. The molecule has 0 spiro atoms. The van der Waals surface area contributed by atoms with E-state index in [9.17, 15) is 4.57 Å². The summed E-state index contributed by atoms with van der Waals surface area (Å²) in [5.74, 6) is 0. The Morgan fingerprint density at radius 2 is 1.52 bits per heavy atom.